The zero-order chi connectivity index (χ0) is 14.1. The molecule has 20 heavy (non-hydrogen) atoms. The molecule has 2 aliphatic heterocycles. The summed E-state index contributed by atoms with van der Waals surface area (Å²) < 4.78 is 0. The lowest BCUT2D eigenvalue weighted by Gasteiger charge is -2.37. The van der Waals surface area contributed by atoms with E-state index in [1.165, 1.54) is 0 Å². The van der Waals surface area contributed by atoms with Gasteiger partial charge in [-0.1, -0.05) is 6.92 Å². The zero-order valence-corrected chi connectivity index (χ0v) is 11.7. The summed E-state index contributed by atoms with van der Waals surface area (Å²) in [6.07, 6.45) is 4.01. The Morgan fingerprint density at radius 3 is 3.10 bits per heavy atom. The lowest BCUT2D eigenvalue weighted by Crippen LogP contribution is -2.45. The predicted molar refractivity (Wildman–Crippen MR) is 76.4 cm³/mol. The maximum Gasteiger partial charge on any atom is 0.225 e. The van der Waals surface area contributed by atoms with Crippen molar-refractivity contribution in [2.24, 2.45) is 5.92 Å². The van der Waals surface area contributed by atoms with Gasteiger partial charge in [-0.2, -0.15) is 0 Å². The monoisotopic (exact) mass is 275 g/mol. The molecule has 0 bridgehead atoms. The number of rotatable bonds is 3. The number of aromatic nitrogens is 1. The third kappa shape index (κ3) is 2.26. The molecule has 3 rings (SSSR count). The number of anilines is 1. The summed E-state index contributed by atoms with van der Waals surface area (Å²) in [5.74, 6) is 0.301. The number of fused-ring (bicyclic) bond motifs is 1. The summed E-state index contributed by atoms with van der Waals surface area (Å²) in [6, 6.07) is 4.14. The van der Waals surface area contributed by atoms with Crippen LogP contribution in [0.3, 0.4) is 0 Å². The number of nitrogens with zero attached hydrogens (tertiary/aromatic N) is 2. The molecule has 108 valence electrons. The Hall–Kier alpha value is -1.62. The molecule has 2 aliphatic rings. The molecule has 3 atom stereocenters. The van der Waals surface area contributed by atoms with Gasteiger partial charge in [-0.25, -0.2) is 0 Å². The molecule has 1 amide bonds. The number of aliphatic hydroxyl groups is 1. The second kappa shape index (κ2) is 5.40. The fourth-order valence-corrected chi connectivity index (χ4v) is 3.25. The van der Waals surface area contributed by atoms with Crippen molar-refractivity contribution in [1.82, 2.24) is 10.3 Å². The van der Waals surface area contributed by atoms with Crippen molar-refractivity contribution in [2.45, 2.75) is 38.3 Å². The Labute approximate surface area is 119 Å². The van der Waals surface area contributed by atoms with E-state index in [4.69, 9.17) is 0 Å². The standard InChI is InChI=1S/C15H21N3O2/c1-2-14(19)12-6-5-10(8-16-12)18-7-3-4-11-13(18)9-17-15(11)20/h5-6,8,11,13-14,19H,2-4,7,9H2,1H3,(H,17,20)/t11?,13?,14-/m1/s1. The number of piperidine rings is 1. The van der Waals surface area contributed by atoms with Crippen LogP contribution in [0.2, 0.25) is 0 Å². The number of amides is 1. The molecule has 2 unspecified atom stereocenters. The highest BCUT2D eigenvalue weighted by Gasteiger charge is 2.40. The quantitative estimate of drug-likeness (QED) is 0.871. The number of aliphatic hydroxyl groups excluding tert-OH is 1. The zero-order valence-electron chi connectivity index (χ0n) is 11.7. The van der Waals surface area contributed by atoms with Gasteiger partial charge < -0.3 is 15.3 Å². The Morgan fingerprint density at radius 1 is 1.55 bits per heavy atom. The topological polar surface area (TPSA) is 65.5 Å². The molecule has 0 spiro atoms. The van der Waals surface area contributed by atoms with Gasteiger partial charge in [0.05, 0.1) is 35.6 Å². The van der Waals surface area contributed by atoms with Crippen LogP contribution in [0.15, 0.2) is 18.3 Å². The molecule has 2 N–H and O–H groups in total. The van der Waals surface area contributed by atoms with Crippen molar-refractivity contribution < 1.29 is 9.90 Å². The number of nitrogens with one attached hydrogen (secondary N) is 1. The van der Waals surface area contributed by atoms with Crippen LogP contribution in [0.4, 0.5) is 5.69 Å². The van der Waals surface area contributed by atoms with Crippen LogP contribution < -0.4 is 10.2 Å². The molecular weight excluding hydrogens is 254 g/mol. The Morgan fingerprint density at radius 2 is 2.40 bits per heavy atom. The smallest absolute Gasteiger partial charge is 0.225 e. The van der Waals surface area contributed by atoms with Crippen LogP contribution in [-0.2, 0) is 4.79 Å². The summed E-state index contributed by atoms with van der Waals surface area (Å²) in [4.78, 5) is 18.4. The van der Waals surface area contributed by atoms with Gasteiger partial charge in [0, 0.05) is 13.1 Å². The largest absolute Gasteiger partial charge is 0.387 e. The maximum atomic E-state index is 11.8. The van der Waals surface area contributed by atoms with E-state index in [-0.39, 0.29) is 17.9 Å². The lowest BCUT2D eigenvalue weighted by atomic mass is 9.91. The van der Waals surface area contributed by atoms with E-state index in [2.05, 4.69) is 15.2 Å². The molecular formula is C15H21N3O2. The van der Waals surface area contributed by atoms with Crippen LogP contribution in [-0.4, -0.2) is 35.1 Å². The van der Waals surface area contributed by atoms with E-state index in [0.717, 1.165) is 31.6 Å². The summed E-state index contributed by atoms with van der Waals surface area (Å²) in [6.45, 7) is 3.63. The van der Waals surface area contributed by atoms with Gasteiger partial charge in [0.15, 0.2) is 0 Å². The van der Waals surface area contributed by atoms with E-state index in [1.807, 2.05) is 25.3 Å². The number of hydrogen-bond acceptors (Lipinski definition) is 4. The van der Waals surface area contributed by atoms with Crippen molar-refractivity contribution in [3.8, 4) is 0 Å². The van der Waals surface area contributed by atoms with Crippen molar-refractivity contribution >= 4 is 11.6 Å². The summed E-state index contributed by atoms with van der Waals surface area (Å²) in [5.41, 5.74) is 1.76. The second-order valence-corrected chi connectivity index (χ2v) is 5.62. The highest BCUT2D eigenvalue weighted by atomic mass is 16.3. The third-order valence-corrected chi connectivity index (χ3v) is 4.43. The van der Waals surface area contributed by atoms with Crippen LogP contribution in [0.25, 0.3) is 0 Å². The Kier molecular flexibility index (Phi) is 3.61. The van der Waals surface area contributed by atoms with Gasteiger partial charge in [-0.05, 0) is 31.4 Å². The van der Waals surface area contributed by atoms with E-state index < -0.39 is 6.10 Å². The molecule has 1 aromatic heterocycles. The molecule has 1 aromatic rings. The van der Waals surface area contributed by atoms with Crippen LogP contribution in [0.5, 0.6) is 0 Å². The average Bonchev–Trinajstić information content (AvgIpc) is 2.88. The van der Waals surface area contributed by atoms with Gasteiger partial charge in [0.1, 0.15) is 0 Å². The molecule has 2 saturated heterocycles. The first kappa shape index (κ1) is 13.4. The van der Waals surface area contributed by atoms with E-state index >= 15 is 0 Å². The van der Waals surface area contributed by atoms with E-state index in [9.17, 15) is 9.90 Å². The first-order valence-corrected chi connectivity index (χ1v) is 7.39. The predicted octanol–water partition coefficient (Wildman–Crippen LogP) is 1.24. The van der Waals surface area contributed by atoms with Crippen LogP contribution in [0.1, 0.15) is 38.0 Å². The molecule has 2 fully saturated rings. The fourth-order valence-electron chi connectivity index (χ4n) is 3.25. The summed E-state index contributed by atoms with van der Waals surface area (Å²) in [7, 11) is 0. The van der Waals surface area contributed by atoms with Gasteiger partial charge in [-0.15, -0.1) is 0 Å². The number of hydrogen-bond donors (Lipinski definition) is 2. The van der Waals surface area contributed by atoms with Crippen molar-refractivity contribution in [3.63, 3.8) is 0 Å². The molecule has 0 aromatic carbocycles. The van der Waals surface area contributed by atoms with Gasteiger partial charge >= 0.3 is 0 Å². The normalized spacial score (nSPS) is 27.1. The first-order chi connectivity index (χ1) is 9.70. The minimum Gasteiger partial charge on any atom is -0.387 e. The SMILES string of the molecule is CC[C@@H](O)c1ccc(N2CCCC3C(=O)NCC32)cn1. The van der Waals surface area contributed by atoms with E-state index in [1.54, 1.807) is 0 Å². The minimum absolute atomic E-state index is 0.115. The second-order valence-electron chi connectivity index (χ2n) is 5.62. The van der Waals surface area contributed by atoms with Gasteiger partial charge in [-0.3, -0.25) is 9.78 Å². The van der Waals surface area contributed by atoms with Crippen LogP contribution in [0, 0.1) is 5.92 Å². The fraction of sp³-hybridized carbons (Fsp3) is 0.600. The van der Waals surface area contributed by atoms with Crippen LogP contribution >= 0.6 is 0 Å². The maximum absolute atomic E-state index is 11.8. The molecule has 5 nitrogen and oxygen atoms in total. The molecule has 0 saturated carbocycles. The summed E-state index contributed by atoms with van der Waals surface area (Å²) >= 11 is 0. The average molecular weight is 275 g/mol. The number of carbonyl (C=O) groups excluding carboxylic acids is 1. The van der Waals surface area contributed by atoms with Crippen molar-refractivity contribution in [1.29, 1.82) is 0 Å². The lowest BCUT2D eigenvalue weighted by molar-refractivity contribution is -0.122. The molecule has 0 radical (unpaired) electrons. The highest BCUT2D eigenvalue weighted by molar-refractivity contribution is 5.83. The minimum atomic E-state index is -0.493. The Balaban J connectivity index is 1.80. The first-order valence-electron chi connectivity index (χ1n) is 7.39. The third-order valence-electron chi connectivity index (χ3n) is 4.43. The van der Waals surface area contributed by atoms with Crippen molar-refractivity contribution in [3.05, 3.63) is 24.0 Å². The number of pyridine rings is 1. The van der Waals surface area contributed by atoms with Crippen molar-refractivity contribution in [2.75, 3.05) is 18.0 Å². The molecule has 3 heterocycles. The highest BCUT2D eigenvalue weighted by Crippen LogP contribution is 2.31. The molecule has 5 heteroatoms. The molecule has 0 aliphatic carbocycles. The van der Waals surface area contributed by atoms with E-state index in [0.29, 0.717) is 12.1 Å². The Bertz CT molecular complexity index is 488. The van der Waals surface area contributed by atoms with Gasteiger partial charge in [0.25, 0.3) is 0 Å². The summed E-state index contributed by atoms with van der Waals surface area (Å²) in [5, 5.41) is 12.7. The van der Waals surface area contributed by atoms with Gasteiger partial charge in [0.2, 0.25) is 5.91 Å². The number of carbonyl (C=O) groups is 1.